The third-order valence-electron chi connectivity index (χ3n) is 7.25. The molecule has 42 heavy (non-hydrogen) atoms. The van der Waals surface area contributed by atoms with Crippen LogP contribution in [0.5, 0.6) is 0 Å². The molecule has 1 atom stereocenters. The van der Waals surface area contributed by atoms with Crippen molar-refractivity contribution in [2.45, 2.75) is 31.8 Å². The summed E-state index contributed by atoms with van der Waals surface area (Å²) in [4.78, 5) is 29.4. The minimum absolute atomic E-state index is 0.0120. The van der Waals surface area contributed by atoms with Crippen LogP contribution in [0.1, 0.15) is 42.5 Å². The van der Waals surface area contributed by atoms with Gasteiger partial charge in [-0.1, -0.05) is 47.6 Å². The fourth-order valence-electron chi connectivity index (χ4n) is 5.07. The number of aromatic nitrogens is 3. The topological polar surface area (TPSA) is 118 Å². The molecule has 8 nitrogen and oxygen atoms in total. The van der Waals surface area contributed by atoms with Gasteiger partial charge in [0.05, 0.1) is 16.6 Å². The monoisotopic (exact) mass is 563 g/mol. The number of rotatable bonds is 9. The number of nitrogens with zero attached hydrogens (tertiary/aromatic N) is 3. The molecule has 0 fully saturated rings. The van der Waals surface area contributed by atoms with Crippen LogP contribution in [0.2, 0.25) is 0 Å². The van der Waals surface area contributed by atoms with Gasteiger partial charge in [-0.3, -0.25) is 14.2 Å². The minimum atomic E-state index is -1.02. The first-order valence-corrected chi connectivity index (χ1v) is 13.5. The van der Waals surface area contributed by atoms with Gasteiger partial charge in [0.25, 0.3) is 5.56 Å². The summed E-state index contributed by atoms with van der Waals surface area (Å²) < 4.78 is 20.6. The van der Waals surface area contributed by atoms with Crippen LogP contribution in [0.15, 0.2) is 100 Å². The molecule has 0 spiro atoms. The Balaban J connectivity index is 1.35. The fraction of sp³-hybridized carbons (Fsp3) is 0.152. The predicted octanol–water partition coefficient (Wildman–Crippen LogP) is 6.21. The second-order valence-corrected chi connectivity index (χ2v) is 10.1. The minimum Gasteiger partial charge on any atom is -0.481 e. The smallest absolute Gasteiger partial charge is 0.303 e. The summed E-state index contributed by atoms with van der Waals surface area (Å²) in [5, 5.41) is 26.6. The number of benzene rings is 4. The zero-order chi connectivity index (χ0) is 29.2. The second-order valence-electron chi connectivity index (χ2n) is 10.1. The molecule has 6 aromatic rings. The van der Waals surface area contributed by atoms with Crippen LogP contribution in [-0.4, -0.2) is 30.9 Å². The lowest BCUT2D eigenvalue weighted by Gasteiger charge is -2.14. The van der Waals surface area contributed by atoms with E-state index < -0.39 is 17.9 Å². The van der Waals surface area contributed by atoms with Crippen molar-refractivity contribution in [3.63, 3.8) is 0 Å². The number of hydrogen-bond acceptors (Lipinski definition) is 6. The van der Waals surface area contributed by atoms with Crippen LogP contribution in [0.3, 0.4) is 0 Å². The van der Waals surface area contributed by atoms with Crippen molar-refractivity contribution in [2.24, 2.45) is 0 Å². The fourth-order valence-corrected chi connectivity index (χ4v) is 5.07. The van der Waals surface area contributed by atoms with Gasteiger partial charge in [-0.15, -0.1) is 0 Å². The van der Waals surface area contributed by atoms with Crippen molar-refractivity contribution >= 4 is 27.6 Å². The Morgan fingerprint density at radius 3 is 2.50 bits per heavy atom. The van der Waals surface area contributed by atoms with E-state index in [0.717, 1.165) is 10.8 Å². The number of aryl methyl sites for hydroxylation is 1. The van der Waals surface area contributed by atoms with Gasteiger partial charge in [-0.05, 0) is 71.6 Å². The van der Waals surface area contributed by atoms with Gasteiger partial charge in [0.15, 0.2) is 5.76 Å². The summed E-state index contributed by atoms with van der Waals surface area (Å²) in [5.41, 5.74) is 2.37. The van der Waals surface area contributed by atoms with Gasteiger partial charge in [-0.2, -0.15) is 0 Å². The number of unbranched alkanes of at least 4 members (excludes halogenated alkanes) is 1. The highest BCUT2D eigenvalue weighted by atomic mass is 19.1. The molecule has 9 heteroatoms. The van der Waals surface area contributed by atoms with E-state index in [1.165, 1.54) is 28.8 Å². The number of carbonyl (C=O) groups is 1. The third-order valence-corrected chi connectivity index (χ3v) is 7.25. The Morgan fingerprint density at radius 2 is 1.71 bits per heavy atom. The Labute approximate surface area is 239 Å². The Kier molecular flexibility index (Phi) is 7.33. The van der Waals surface area contributed by atoms with Crippen LogP contribution in [-0.2, 0) is 11.2 Å². The zero-order valence-electron chi connectivity index (χ0n) is 22.4. The quantitative estimate of drug-likeness (QED) is 0.201. The summed E-state index contributed by atoms with van der Waals surface area (Å²) in [7, 11) is 0. The maximum Gasteiger partial charge on any atom is 0.303 e. The molecule has 0 amide bonds. The number of fused-ring (bicyclic) bond motifs is 2. The molecule has 2 N–H and O–H groups in total. The second kappa shape index (κ2) is 11.4. The van der Waals surface area contributed by atoms with Crippen molar-refractivity contribution < 1.29 is 23.9 Å². The summed E-state index contributed by atoms with van der Waals surface area (Å²) in [6.07, 6.45) is 0.275. The molecule has 0 aliphatic heterocycles. The van der Waals surface area contributed by atoms with Crippen LogP contribution in [0.4, 0.5) is 4.39 Å². The number of hydrogen-bond donors (Lipinski definition) is 2. The van der Waals surface area contributed by atoms with E-state index in [-0.39, 0.29) is 17.7 Å². The maximum absolute atomic E-state index is 13.6. The van der Waals surface area contributed by atoms with E-state index in [1.807, 2.05) is 42.5 Å². The number of aliphatic hydroxyl groups excluding tert-OH is 1. The Morgan fingerprint density at radius 1 is 0.929 bits per heavy atom. The average Bonchev–Trinajstić information content (AvgIpc) is 3.50. The highest BCUT2D eigenvalue weighted by Gasteiger charge is 2.19. The molecule has 1 unspecified atom stereocenters. The van der Waals surface area contributed by atoms with Crippen molar-refractivity contribution in [1.29, 1.82) is 0 Å². The number of carboxylic acids is 1. The summed E-state index contributed by atoms with van der Waals surface area (Å²) in [5.74, 6) is -0.598. The molecule has 0 radical (unpaired) electrons. The van der Waals surface area contributed by atoms with Crippen molar-refractivity contribution in [2.75, 3.05) is 0 Å². The van der Waals surface area contributed by atoms with Crippen LogP contribution < -0.4 is 5.56 Å². The lowest BCUT2D eigenvalue weighted by Crippen LogP contribution is -2.24. The molecule has 0 saturated heterocycles. The van der Waals surface area contributed by atoms with Gasteiger partial charge in [0, 0.05) is 24.5 Å². The van der Waals surface area contributed by atoms with Crippen LogP contribution in [0.25, 0.3) is 38.6 Å². The summed E-state index contributed by atoms with van der Waals surface area (Å²) >= 11 is 0. The highest BCUT2D eigenvalue weighted by molar-refractivity contribution is 5.84. The molecular formula is C33H26FN3O5. The highest BCUT2D eigenvalue weighted by Crippen LogP contribution is 2.30. The Hall–Kier alpha value is -5.15. The van der Waals surface area contributed by atoms with Crippen molar-refractivity contribution in [3.05, 3.63) is 124 Å². The molecule has 2 aromatic heterocycles. The van der Waals surface area contributed by atoms with E-state index in [1.54, 1.807) is 24.3 Å². The first kappa shape index (κ1) is 27.0. The number of carboxylic acid groups (broad SMARTS) is 1. The first-order chi connectivity index (χ1) is 20.4. The first-order valence-electron chi connectivity index (χ1n) is 13.5. The van der Waals surface area contributed by atoms with Gasteiger partial charge >= 0.3 is 5.97 Å². The summed E-state index contributed by atoms with van der Waals surface area (Å²) in [6, 6.07) is 25.9. The number of halogens is 1. The van der Waals surface area contributed by atoms with E-state index >= 15 is 0 Å². The predicted molar refractivity (Wildman–Crippen MR) is 156 cm³/mol. The SMILES string of the molecule is O=C(O)CCCCc1nc2cc(-c3cc(C(O)c4ccc5ccccc5c4)on3)ccc2c(=O)n1-c1ccc(F)cc1. The molecule has 2 heterocycles. The van der Waals surface area contributed by atoms with Gasteiger partial charge in [0.1, 0.15) is 23.4 Å². The van der Waals surface area contributed by atoms with Gasteiger partial charge in [-0.25, -0.2) is 9.37 Å². The van der Waals surface area contributed by atoms with E-state index in [2.05, 4.69) is 5.16 Å². The number of aliphatic carboxylic acids is 1. The standard InChI is InChI=1S/C33H26FN3O5/c34-24-12-14-25(15-13-24)37-30(7-3-4-8-31(38)39)35-28-18-22(11-16-26(28)33(37)41)27-19-29(42-36-27)32(40)23-10-9-20-5-1-2-6-21(20)17-23/h1-2,5-6,9-19,32,40H,3-4,7-8H2,(H,38,39). The molecule has 0 aliphatic carbocycles. The molecule has 4 aromatic carbocycles. The largest absolute Gasteiger partial charge is 0.481 e. The lowest BCUT2D eigenvalue weighted by molar-refractivity contribution is -0.137. The number of aliphatic hydroxyl groups is 1. The molecule has 0 aliphatic rings. The Bertz CT molecular complexity index is 1980. The molecule has 0 bridgehead atoms. The molecule has 0 saturated carbocycles. The van der Waals surface area contributed by atoms with E-state index in [0.29, 0.717) is 58.5 Å². The molecule has 6 rings (SSSR count). The molecule has 210 valence electrons. The van der Waals surface area contributed by atoms with Gasteiger partial charge < -0.3 is 14.7 Å². The maximum atomic E-state index is 13.6. The van der Waals surface area contributed by atoms with Crippen molar-refractivity contribution in [1.82, 2.24) is 14.7 Å². The van der Waals surface area contributed by atoms with E-state index in [9.17, 15) is 19.1 Å². The zero-order valence-corrected chi connectivity index (χ0v) is 22.4. The lowest BCUT2D eigenvalue weighted by atomic mass is 10.0. The van der Waals surface area contributed by atoms with E-state index in [4.69, 9.17) is 14.6 Å². The van der Waals surface area contributed by atoms with Gasteiger partial charge in [0.2, 0.25) is 0 Å². The van der Waals surface area contributed by atoms with Crippen LogP contribution >= 0.6 is 0 Å². The average molecular weight is 564 g/mol. The molecular weight excluding hydrogens is 537 g/mol. The van der Waals surface area contributed by atoms with Crippen molar-refractivity contribution in [3.8, 4) is 16.9 Å². The third kappa shape index (κ3) is 5.42. The summed E-state index contributed by atoms with van der Waals surface area (Å²) in [6.45, 7) is 0. The van der Waals surface area contributed by atoms with Crippen LogP contribution in [0, 0.1) is 5.82 Å². The normalized spacial score (nSPS) is 12.1.